The molecular weight excluding hydrogens is 382 g/mol. The number of aryl methyl sites for hydroxylation is 2. The van der Waals surface area contributed by atoms with Crippen LogP contribution in [0.5, 0.6) is 0 Å². The fraction of sp³-hybridized carbons (Fsp3) is 0.444. The van der Waals surface area contributed by atoms with Gasteiger partial charge in [0.1, 0.15) is 10.8 Å². The SMILES string of the molecule is Cc1csc(CC(=O)NNC(=O)CN2CCN(C(=O)c3ccc(C)o3)CC2)n1. The first kappa shape index (κ1) is 20.0. The predicted octanol–water partition coefficient (Wildman–Crippen LogP) is 0.501. The molecule has 2 N–H and O–H groups in total. The van der Waals surface area contributed by atoms with Crippen molar-refractivity contribution in [1.29, 1.82) is 0 Å². The van der Waals surface area contributed by atoms with Crippen molar-refractivity contribution in [2.75, 3.05) is 32.7 Å². The average molecular weight is 405 g/mol. The van der Waals surface area contributed by atoms with Crippen molar-refractivity contribution < 1.29 is 18.8 Å². The second-order valence-electron chi connectivity index (χ2n) is 6.63. The van der Waals surface area contributed by atoms with E-state index in [1.165, 1.54) is 11.3 Å². The minimum absolute atomic E-state index is 0.131. The standard InChI is InChI=1S/C18H23N5O4S/c1-12-11-28-17(19-12)9-15(24)20-21-16(25)10-22-5-7-23(8-6-22)18(26)14-4-3-13(2)27-14/h3-4,11H,5-10H2,1-2H3,(H,20,24)(H,21,25). The number of furan rings is 1. The van der Waals surface area contributed by atoms with Crippen molar-refractivity contribution in [3.63, 3.8) is 0 Å². The first-order chi connectivity index (χ1) is 13.4. The van der Waals surface area contributed by atoms with Crippen molar-refractivity contribution in [2.45, 2.75) is 20.3 Å². The Bertz CT molecular complexity index is 854. The normalized spacial score (nSPS) is 14.7. The lowest BCUT2D eigenvalue weighted by atomic mass is 10.3. The smallest absolute Gasteiger partial charge is 0.289 e. The minimum Gasteiger partial charge on any atom is -0.456 e. The Labute approximate surface area is 166 Å². The number of nitrogens with one attached hydrogen (secondary N) is 2. The van der Waals surface area contributed by atoms with Crippen LogP contribution in [0.4, 0.5) is 0 Å². The van der Waals surface area contributed by atoms with Crippen molar-refractivity contribution >= 4 is 29.1 Å². The Morgan fingerprint density at radius 1 is 1.11 bits per heavy atom. The van der Waals surface area contributed by atoms with Gasteiger partial charge in [0.25, 0.3) is 11.8 Å². The maximum absolute atomic E-state index is 12.4. The second kappa shape index (κ2) is 8.98. The Morgan fingerprint density at radius 2 is 1.82 bits per heavy atom. The molecule has 10 heteroatoms. The summed E-state index contributed by atoms with van der Waals surface area (Å²) >= 11 is 1.41. The van der Waals surface area contributed by atoms with Crippen LogP contribution in [-0.2, 0) is 16.0 Å². The molecule has 1 aliphatic rings. The summed E-state index contributed by atoms with van der Waals surface area (Å²) in [6.45, 7) is 5.99. The van der Waals surface area contributed by atoms with Gasteiger partial charge in [-0.15, -0.1) is 11.3 Å². The van der Waals surface area contributed by atoms with E-state index in [2.05, 4.69) is 15.8 Å². The predicted molar refractivity (Wildman–Crippen MR) is 103 cm³/mol. The third-order valence-corrected chi connectivity index (χ3v) is 5.26. The highest BCUT2D eigenvalue weighted by Gasteiger charge is 2.25. The molecule has 150 valence electrons. The summed E-state index contributed by atoms with van der Waals surface area (Å²) in [5, 5.41) is 2.58. The lowest BCUT2D eigenvalue weighted by Gasteiger charge is -2.33. The molecule has 3 rings (SSSR count). The Morgan fingerprint density at radius 3 is 2.43 bits per heavy atom. The Kier molecular flexibility index (Phi) is 6.42. The van der Waals surface area contributed by atoms with E-state index < -0.39 is 0 Å². The Balaban J connectivity index is 1.36. The summed E-state index contributed by atoms with van der Waals surface area (Å²) in [5.41, 5.74) is 5.70. The van der Waals surface area contributed by atoms with Gasteiger partial charge < -0.3 is 9.32 Å². The van der Waals surface area contributed by atoms with Crippen LogP contribution in [0, 0.1) is 13.8 Å². The number of hydrazine groups is 1. The summed E-state index contributed by atoms with van der Waals surface area (Å²) in [7, 11) is 0. The molecule has 0 aromatic carbocycles. The van der Waals surface area contributed by atoms with E-state index >= 15 is 0 Å². The van der Waals surface area contributed by atoms with Crippen LogP contribution in [0.3, 0.4) is 0 Å². The van der Waals surface area contributed by atoms with Gasteiger partial charge in [-0.3, -0.25) is 30.1 Å². The first-order valence-electron chi connectivity index (χ1n) is 8.97. The van der Waals surface area contributed by atoms with Gasteiger partial charge in [0.05, 0.1) is 13.0 Å². The summed E-state index contributed by atoms with van der Waals surface area (Å²) in [5.74, 6) is 0.284. The number of amides is 3. The highest BCUT2D eigenvalue weighted by Crippen LogP contribution is 2.12. The van der Waals surface area contributed by atoms with E-state index in [1.807, 2.05) is 17.2 Å². The van der Waals surface area contributed by atoms with Crippen LogP contribution in [0.25, 0.3) is 0 Å². The number of hydrogen-bond donors (Lipinski definition) is 2. The maximum atomic E-state index is 12.4. The van der Waals surface area contributed by atoms with Gasteiger partial charge in [-0.25, -0.2) is 4.98 Å². The van der Waals surface area contributed by atoms with Gasteiger partial charge in [-0.1, -0.05) is 0 Å². The van der Waals surface area contributed by atoms with Gasteiger partial charge in [0, 0.05) is 37.3 Å². The Hall–Kier alpha value is -2.72. The number of rotatable bonds is 5. The number of carbonyl (C=O) groups is 3. The monoisotopic (exact) mass is 405 g/mol. The summed E-state index contributed by atoms with van der Waals surface area (Å²) in [6, 6.07) is 3.44. The zero-order valence-corrected chi connectivity index (χ0v) is 16.7. The van der Waals surface area contributed by atoms with Gasteiger partial charge >= 0.3 is 0 Å². The molecule has 0 bridgehead atoms. The van der Waals surface area contributed by atoms with Crippen molar-refractivity contribution in [3.8, 4) is 0 Å². The highest BCUT2D eigenvalue weighted by atomic mass is 32.1. The van der Waals surface area contributed by atoms with Crippen LogP contribution in [0.1, 0.15) is 27.0 Å². The number of carbonyl (C=O) groups excluding carboxylic acids is 3. The van der Waals surface area contributed by atoms with Crippen LogP contribution >= 0.6 is 11.3 Å². The van der Waals surface area contributed by atoms with Crippen LogP contribution in [-0.4, -0.2) is 65.2 Å². The number of piperazine rings is 1. The molecule has 28 heavy (non-hydrogen) atoms. The van der Waals surface area contributed by atoms with E-state index in [1.54, 1.807) is 24.0 Å². The van der Waals surface area contributed by atoms with Crippen molar-refractivity contribution in [3.05, 3.63) is 39.7 Å². The third-order valence-electron chi connectivity index (χ3n) is 4.30. The summed E-state index contributed by atoms with van der Waals surface area (Å²) in [6.07, 6.45) is 0.131. The lowest BCUT2D eigenvalue weighted by molar-refractivity contribution is -0.129. The first-order valence-corrected chi connectivity index (χ1v) is 9.85. The maximum Gasteiger partial charge on any atom is 0.289 e. The molecule has 0 radical (unpaired) electrons. The second-order valence-corrected chi connectivity index (χ2v) is 7.58. The molecule has 2 aromatic rings. The molecule has 0 unspecified atom stereocenters. The van der Waals surface area contributed by atoms with Gasteiger partial charge in [0.2, 0.25) is 5.91 Å². The zero-order chi connectivity index (χ0) is 20.1. The van der Waals surface area contributed by atoms with E-state index in [0.717, 1.165) is 5.69 Å². The molecule has 0 spiro atoms. The van der Waals surface area contributed by atoms with E-state index in [9.17, 15) is 14.4 Å². The molecule has 0 saturated carbocycles. The summed E-state index contributed by atoms with van der Waals surface area (Å²) in [4.78, 5) is 44.1. The fourth-order valence-corrected chi connectivity index (χ4v) is 3.63. The van der Waals surface area contributed by atoms with Crippen molar-refractivity contribution in [2.24, 2.45) is 0 Å². The topological polar surface area (TPSA) is 108 Å². The number of hydrogen-bond acceptors (Lipinski definition) is 7. The average Bonchev–Trinajstić information content (AvgIpc) is 3.28. The largest absolute Gasteiger partial charge is 0.456 e. The lowest BCUT2D eigenvalue weighted by Crippen LogP contribution is -2.53. The molecule has 0 aliphatic carbocycles. The van der Waals surface area contributed by atoms with Gasteiger partial charge in [0.15, 0.2) is 5.76 Å². The molecule has 1 aliphatic heterocycles. The highest BCUT2D eigenvalue weighted by molar-refractivity contribution is 7.09. The van der Waals surface area contributed by atoms with E-state index in [-0.39, 0.29) is 30.7 Å². The molecule has 3 amide bonds. The molecule has 3 heterocycles. The number of aromatic nitrogens is 1. The van der Waals surface area contributed by atoms with Gasteiger partial charge in [-0.2, -0.15) is 0 Å². The molecular formula is C18H23N5O4S. The van der Waals surface area contributed by atoms with Gasteiger partial charge in [-0.05, 0) is 26.0 Å². The summed E-state index contributed by atoms with van der Waals surface area (Å²) < 4.78 is 5.38. The van der Waals surface area contributed by atoms with Crippen LogP contribution in [0.15, 0.2) is 21.9 Å². The van der Waals surface area contributed by atoms with Crippen molar-refractivity contribution in [1.82, 2.24) is 25.6 Å². The molecule has 9 nitrogen and oxygen atoms in total. The third kappa shape index (κ3) is 5.40. The quantitative estimate of drug-likeness (QED) is 0.702. The van der Waals surface area contributed by atoms with E-state index in [0.29, 0.717) is 42.7 Å². The molecule has 1 fully saturated rings. The zero-order valence-electron chi connectivity index (χ0n) is 15.9. The molecule has 1 saturated heterocycles. The molecule has 2 aromatic heterocycles. The van der Waals surface area contributed by atoms with E-state index in [4.69, 9.17) is 4.42 Å². The van der Waals surface area contributed by atoms with Crippen LogP contribution in [0.2, 0.25) is 0 Å². The fourth-order valence-electron chi connectivity index (χ4n) is 2.86. The van der Waals surface area contributed by atoms with Crippen LogP contribution < -0.4 is 10.9 Å². The minimum atomic E-state index is -0.313. The number of nitrogens with zero attached hydrogens (tertiary/aromatic N) is 3. The molecule has 0 atom stereocenters. The number of thiazole rings is 1.